The van der Waals surface area contributed by atoms with Gasteiger partial charge in [-0.2, -0.15) is 9.97 Å². The van der Waals surface area contributed by atoms with Crippen LogP contribution in [0.4, 0.5) is 0 Å². The molecular weight excluding hydrogens is 701 g/mol. The first kappa shape index (κ1) is 31.5. The first-order valence-corrected chi connectivity index (χ1v) is 19.0. The molecular formula is C51H30N4O2. The van der Waals surface area contributed by atoms with Gasteiger partial charge in [-0.05, 0) is 58.7 Å². The minimum atomic E-state index is 0.537. The maximum Gasteiger partial charge on any atom is 0.238 e. The van der Waals surface area contributed by atoms with Gasteiger partial charge in [0.1, 0.15) is 22.3 Å². The fourth-order valence-electron chi connectivity index (χ4n) is 8.39. The van der Waals surface area contributed by atoms with Crippen LogP contribution in [0.25, 0.3) is 117 Å². The molecule has 0 spiro atoms. The third-order valence-corrected chi connectivity index (χ3v) is 11.1. The summed E-state index contributed by atoms with van der Waals surface area (Å²) in [5, 5.41) is 6.63. The topological polar surface area (TPSA) is 69.9 Å². The molecule has 0 unspecified atom stereocenters. The summed E-state index contributed by atoms with van der Waals surface area (Å²) in [4.78, 5) is 15.4. The molecule has 0 amide bonds. The van der Waals surface area contributed by atoms with E-state index in [2.05, 4.69) is 132 Å². The lowest BCUT2D eigenvalue weighted by Gasteiger charge is -2.11. The lowest BCUT2D eigenvalue weighted by Crippen LogP contribution is -2.06. The molecule has 0 saturated carbocycles. The number of furan rings is 2. The predicted molar refractivity (Wildman–Crippen MR) is 230 cm³/mol. The number of rotatable bonds is 5. The number of hydrogen-bond donors (Lipinski definition) is 0. The Kier molecular flexibility index (Phi) is 6.83. The van der Waals surface area contributed by atoms with Gasteiger partial charge in [0.2, 0.25) is 5.95 Å². The van der Waals surface area contributed by atoms with Crippen LogP contribution in [0.3, 0.4) is 0 Å². The van der Waals surface area contributed by atoms with Gasteiger partial charge in [0, 0.05) is 49.5 Å². The minimum Gasteiger partial charge on any atom is -0.456 e. The summed E-state index contributed by atoms with van der Waals surface area (Å²) in [5.41, 5.74) is 11.7. The van der Waals surface area contributed by atoms with Crippen LogP contribution < -0.4 is 0 Å². The van der Waals surface area contributed by atoms with Crippen molar-refractivity contribution in [3.8, 4) is 51.0 Å². The fraction of sp³-hybridized carbons (Fsp3) is 0. The van der Waals surface area contributed by atoms with E-state index >= 15 is 0 Å². The monoisotopic (exact) mass is 730 g/mol. The number of nitrogens with zero attached hydrogens (tertiary/aromatic N) is 4. The van der Waals surface area contributed by atoms with Crippen molar-refractivity contribution in [1.29, 1.82) is 0 Å². The van der Waals surface area contributed by atoms with E-state index in [0.29, 0.717) is 17.6 Å². The zero-order valence-corrected chi connectivity index (χ0v) is 30.4. The van der Waals surface area contributed by atoms with Crippen LogP contribution in [0.5, 0.6) is 0 Å². The summed E-state index contributed by atoms with van der Waals surface area (Å²) >= 11 is 0. The molecule has 6 heteroatoms. The Bertz CT molecular complexity index is 3510. The third-order valence-electron chi connectivity index (χ3n) is 11.1. The van der Waals surface area contributed by atoms with Crippen molar-refractivity contribution in [2.75, 3.05) is 0 Å². The van der Waals surface area contributed by atoms with Gasteiger partial charge in [-0.25, -0.2) is 4.98 Å². The van der Waals surface area contributed by atoms with Crippen molar-refractivity contribution < 1.29 is 8.83 Å². The summed E-state index contributed by atoms with van der Waals surface area (Å²) in [6.45, 7) is 0. The van der Waals surface area contributed by atoms with Gasteiger partial charge in [-0.3, -0.25) is 4.57 Å². The molecule has 0 aliphatic carbocycles. The highest BCUT2D eigenvalue weighted by molar-refractivity contribution is 6.17. The molecule has 4 aromatic heterocycles. The molecule has 12 rings (SSSR count). The first-order chi connectivity index (χ1) is 28.2. The van der Waals surface area contributed by atoms with Crippen LogP contribution >= 0.6 is 0 Å². The Labute approximate surface area is 325 Å². The third kappa shape index (κ3) is 5.01. The molecule has 4 heterocycles. The molecule has 6 nitrogen and oxygen atoms in total. The second kappa shape index (κ2) is 12.3. The van der Waals surface area contributed by atoms with E-state index in [9.17, 15) is 0 Å². The lowest BCUT2D eigenvalue weighted by atomic mass is 9.98. The smallest absolute Gasteiger partial charge is 0.238 e. The van der Waals surface area contributed by atoms with Crippen molar-refractivity contribution in [3.63, 3.8) is 0 Å². The second-order valence-corrected chi connectivity index (χ2v) is 14.4. The zero-order valence-electron chi connectivity index (χ0n) is 30.4. The number of hydrogen-bond acceptors (Lipinski definition) is 5. The van der Waals surface area contributed by atoms with E-state index < -0.39 is 0 Å². The van der Waals surface area contributed by atoms with Crippen molar-refractivity contribution in [1.82, 2.24) is 19.5 Å². The van der Waals surface area contributed by atoms with Crippen LogP contribution in [0.1, 0.15) is 0 Å². The first-order valence-electron chi connectivity index (χ1n) is 19.0. The van der Waals surface area contributed by atoms with Crippen LogP contribution in [0.2, 0.25) is 0 Å². The number of para-hydroxylation sites is 2. The maximum atomic E-state index is 6.44. The highest BCUT2D eigenvalue weighted by Gasteiger charge is 2.20. The van der Waals surface area contributed by atoms with Gasteiger partial charge in [-0.15, -0.1) is 0 Å². The molecule has 0 saturated heterocycles. The summed E-state index contributed by atoms with van der Waals surface area (Å²) in [5.74, 6) is 1.72. The number of fused-ring (bicyclic) bond motifs is 9. The van der Waals surface area contributed by atoms with Gasteiger partial charge >= 0.3 is 0 Å². The Morgan fingerprint density at radius 2 is 0.947 bits per heavy atom. The Hall–Kier alpha value is -7.83. The Balaban J connectivity index is 0.991. The van der Waals surface area contributed by atoms with Crippen LogP contribution in [-0.2, 0) is 0 Å². The molecule has 0 aliphatic rings. The molecule has 57 heavy (non-hydrogen) atoms. The van der Waals surface area contributed by atoms with E-state index in [4.69, 9.17) is 23.8 Å². The Morgan fingerprint density at radius 1 is 0.333 bits per heavy atom. The fourth-order valence-corrected chi connectivity index (χ4v) is 8.39. The SMILES string of the molecule is c1ccc(-c2nc(-c3ccc(-c4ccc5c(c4)oc4cccc(-c6ccccc6)c45)cc3)nc(-n3c4ccccc4c4cc5c(cc43)oc3ccccc35)n2)cc1. The quantitative estimate of drug-likeness (QED) is 0.176. The van der Waals surface area contributed by atoms with Crippen molar-refractivity contribution in [2.45, 2.75) is 0 Å². The van der Waals surface area contributed by atoms with Gasteiger partial charge in [0.15, 0.2) is 11.6 Å². The van der Waals surface area contributed by atoms with Gasteiger partial charge < -0.3 is 8.83 Å². The van der Waals surface area contributed by atoms with Crippen LogP contribution in [0.15, 0.2) is 191 Å². The molecule has 0 fully saturated rings. The molecule has 0 aliphatic heterocycles. The number of aromatic nitrogens is 4. The van der Waals surface area contributed by atoms with Gasteiger partial charge in [0.05, 0.1) is 11.0 Å². The molecule has 0 N–H and O–H groups in total. The van der Waals surface area contributed by atoms with E-state index in [1.54, 1.807) is 0 Å². The average Bonchev–Trinajstić information content (AvgIpc) is 3.95. The molecule has 0 bridgehead atoms. The highest BCUT2D eigenvalue weighted by Crippen LogP contribution is 2.40. The molecule has 8 aromatic carbocycles. The van der Waals surface area contributed by atoms with Crippen molar-refractivity contribution >= 4 is 65.7 Å². The van der Waals surface area contributed by atoms with Gasteiger partial charge in [0.25, 0.3) is 0 Å². The van der Waals surface area contributed by atoms with Crippen molar-refractivity contribution in [3.05, 3.63) is 182 Å². The highest BCUT2D eigenvalue weighted by atomic mass is 16.3. The normalized spacial score (nSPS) is 11.9. The van der Waals surface area contributed by atoms with E-state index in [-0.39, 0.29) is 0 Å². The number of benzene rings is 8. The summed E-state index contributed by atoms with van der Waals surface area (Å²) in [6.07, 6.45) is 0. The summed E-state index contributed by atoms with van der Waals surface area (Å²) in [7, 11) is 0. The summed E-state index contributed by atoms with van der Waals surface area (Å²) in [6, 6.07) is 62.7. The zero-order chi connectivity index (χ0) is 37.5. The standard InChI is InChI=1S/C51H30N4O2/c1-3-12-32(13-4-1)36-18-11-21-45-48(36)39-27-26-35(28-46(39)57-45)31-22-24-34(25-23-31)50-52-49(33-14-5-2-6-15-33)53-51(54-50)55-42-19-9-7-16-37(42)40-29-41-38-17-8-10-20-44(38)56-47(41)30-43(40)55/h1-30H. The molecule has 0 radical (unpaired) electrons. The largest absolute Gasteiger partial charge is 0.456 e. The van der Waals surface area contributed by atoms with E-state index in [0.717, 1.165) is 87.9 Å². The molecule has 0 atom stereocenters. The van der Waals surface area contributed by atoms with Crippen molar-refractivity contribution in [2.24, 2.45) is 0 Å². The predicted octanol–water partition coefficient (Wildman–Crippen LogP) is 13.4. The Morgan fingerprint density at radius 3 is 1.75 bits per heavy atom. The average molecular weight is 731 g/mol. The summed E-state index contributed by atoms with van der Waals surface area (Å²) < 4.78 is 14.9. The molecule has 12 aromatic rings. The minimum absolute atomic E-state index is 0.537. The molecule has 266 valence electrons. The second-order valence-electron chi connectivity index (χ2n) is 14.4. The lowest BCUT2D eigenvalue weighted by molar-refractivity contribution is 0.669. The van der Waals surface area contributed by atoms with Crippen LogP contribution in [-0.4, -0.2) is 19.5 Å². The van der Waals surface area contributed by atoms with Crippen LogP contribution in [0, 0.1) is 0 Å². The maximum absolute atomic E-state index is 6.44. The van der Waals surface area contributed by atoms with E-state index in [1.165, 1.54) is 11.1 Å². The van der Waals surface area contributed by atoms with Gasteiger partial charge in [-0.1, -0.05) is 140 Å². The van der Waals surface area contributed by atoms with E-state index in [1.807, 2.05) is 54.6 Å².